The van der Waals surface area contributed by atoms with Crippen molar-refractivity contribution in [2.75, 3.05) is 5.32 Å². The summed E-state index contributed by atoms with van der Waals surface area (Å²) >= 11 is 0. The molecule has 2 amide bonds. The van der Waals surface area contributed by atoms with Gasteiger partial charge in [-0.25, -0.2) is 4.39 Å². The second kappa shape index (κ2) is 5.52. The molecule has 0 heterocycles. The monoisotopic (exact) mass is 272 g/mol. The first-order chi connectivity index (χ1) is 9.47. The number of hydrogen-bond donors (Lipinski definition) is 2. The Bertz CT molecular complexity index is 683. The maximum Gasteiger partial charge on any atom is 0.255 e. The minimum atomic E-state index is -0.571. The SMILES string of the molecule is Cc1cc(C(=O)Nc2cccc(C(N)=O)c2)ccc1F. The predicted molar refractivity (Wildman–Crippen MR) is 74.1 cm³/mol. The van der Waals surface area contributed by atoms with Crippen LogP contribution in [0.5, 0.6) is 0 Å². The molecule has 2 aromatic carbocycles. The van der Waals surface area contributed by atoms with Crippen molar-refractivity contribution in [3.8, 4) is 0 Å². The van der Waals surface area contributed by atoms with Crippen LogP contribution >= 0.6 is 0 Å². The Morgan fingerprint density at radius 2 is 1.85 bits per heavy atom. The number of nitrogens with one attached hydrogen (secondary N) is 1. The fraction of sp³-hybridized carbons (Fsp3) is 0.0667. The van der Waals surface area contributed by atoms with Crippen LogP contribution in [0.1, 0.15) is 26.3 Å². The molecule has 102 valence electrons. The molecule has 0 aliphatic heterocycles. The van der Waals surface area contributed by atoms with Crippen LogP contribution in [0.3, 0.4) is 0 Å². The number of aryl methyl sites for hydroxylation is 1. The number of hydrogen-bond acceptors (Lipinski definition) is 2. The number of amides is 2. The second-order valence-electron chi connectivity index (χ2n) is 4.36. The highest BCUT2D eigenvalue weighted by atomic mass is 19.1. The molecule has 5 heteroatoms. The molecule has 2 rings (SSSR count). The normalized spacial score (nSPS) is 10.1. The summed E-state index contributed by atoms with van der Waals surface area (Å²) in [7, 11) is 0. The molecule has 0 unspecified atom stereocenters. The molecule has 0 fully saturated rings. The van der Waals surface area contributed by atoms with E-state index in [1.54, 1.807) is 25.1 Å². The lowest BCUT2D eigenvalue weighted by atomic mass is 10.1. The van der Waals surface area contributed by atoms with Gasteiger partial charge in [0, 0.05) is 16.8 Å². The second-order valence-corrected chi connectivity index (χ2v) is 4.36. The molecule has 0 saturated carbocycles. The van der Waals surface area contributed by atoms with Crippen molar-refractivity contribution < 1.29 is 14.0 Å². The molecule has 0 aromatic heterocycles. The Kier molecular flexibility index (Phi) is 3.79. The van der Waals surface area contributed by atoms with Gasteiger partial charge in [-0.2, -0.15) is 0 Å². The summed E-state index contributed by atoms with van der Waals surface area (Å²) in [6.45, 7) is 1.58. The average Bonchev–Trinajstić information content (AvgIpc) is 2.42. The quantitative estimate of drug-likeness (QED) is 0.901. The number of anilines is 1. The van der Waals surface area contributed by atoms with Crippen molar-refractivity contribution in [1.82, 2.24) is 0 Å². The zero-order valence-corrected chi connectivity index (χ0v) is 10.8. The molecule has 2 aromatic rings. The minimum absolute atomic E-state index is 0.304. The largest absolute Gasteiger partial charge is 0.366 e. The van der Waals surface area contributed by atoms with Crippen molar-refractivity contribution in [3.05, 3.63) is 65.0 Å². The van der Waals surface area contributed by atoms with Crippen molar-refractivity contribution in [1.29, 1.82) is 0 Å². The lowest BCUT2D eigenvalue weighted by Gasteiger charge is -2.07. The Hall–Kier alpha value is -2.69. The summed E-state index contributed by atoms with van der Waals surface area (Å²) in [4.78, 5) is 23.1. The Morgan fingerprint density at radius 1 is 1.10 bits per heavy atom. The standard InChI is InChI=1S/C15H13FN2O2/c1-9-7-11(5-6-13(9)16)15(20)18-12-4-2-3-10(8-12)14(17)19/h2-8H,1H3,(H2,17,19)(H,18,20). The third-order valence-corrected chi connectivity index (χ3v) is 2.83. The van der Waals surface area contributed by atoms with E-state index in [-0.39, 0.29) is 11.7 Å². The van der Waals surface area contributed by atoms with E-state index in [1.165, 1.54) is 24.3 Å². The van der Waals surface area contributed by atoms with Crippen LogP contribution in [-0.2, 0) is 0 Å². The highest BCUT2D eigenvalue weighted by Crippen LogP contribution is 2.14. The molecule has 0 spiro atoms. The van der Waals surface area contributed by atoms with Gasteiger partial charge < -0.3 is 11.1 Å². The van der Waals surface area contributed by atoms with Crippen LogP contribution in [-0.4, -0.2) is 11.8 Å². The number of rotatable bonds is 3. The summed E-state index contributed by atoms with van der Waals surface area (Å²) in [6.07, 6.45) is 0. The third kappa shape index (κ3) is 3.00. The van der Waals surface area contributed by atoms with E-state index in [1.807, 2.05) is 0 Å². The maximum absolute atomic E-state index is 13.1. The van der Waals surface area contributed by atoms with Gasteiger partial charge in [0.15, 0.2) is 0 Å². The Balaban J connectivity index is 2.21. The molecule has 0 aliphatic carbocycles. The number of benzene rings is 2. The van der Waals surface area contributed by atoms with Gasteiger partial charge in [-0.15, -0.1) is 0 Å². The van der Waals surface area contributed by atoms with E-state index in [9.17, 15) is 14.0 Å². The molecule has 0 radical (unpaired) electrons. The third-order valence-electron chi connectivity index (χ3n) is 2.83. The van der Waals surface area contributed by atoms with E-state index in [0.29, 0.717) is 22.4 Å². The first-order valence-electron chi connectivity index (χ1n) is 5.95. The van der Waals surface area contributed by atoms with Crippen molar-refractivity contribution in [3.63, 3.8) is 0 Å². The summed E-state index contributed by atoms with van der Waals surface area (Å²) in [6, 6.07) is 10.4. The van der Waals surface area contributed by atoms with Crippen molar-refractivity contribution in [2.24, 2.45) is 5.73 Å². The van der Waals surface area contributed by atoms with E-state index in [4.69, 9.17) is 5.73 Å². The van der Waals surface area contributed by atoms with Gasteiger partial charge in [-0.3, -0.25) is 9.59 Å². The van der Waals surface area contributed by atoms with Crippen LogP contribution in [0.4, 0.5) is 10.1 Å². The maximum atomic E-state index is 13.1. The van der Waals surface area contributed by atoms with Gasteiger partial charge in [-0.1, -0.05) is 6.07 Å². The molecule has 20 heavy (non-hydrogen) atoms. The number of halogens is 1. The number of nitrogens with two attached hydrogens (primary N) is 1. The van der Waals surface area contributed by atoms with E-state index >= 15 is 0 Å². The topological polar surface area (TPSA) is 72.2 Å². The predicted octanol–water partition coefficient (Wildman–Crippen LogP) is 2.49. The van der Waals surface area contributed by atoms with Gasteiger partial charge in [-0.05, 0) is 48.9 Å². The highest BCUT2D eigenvalue weighted by molar-refractivity contribution is 6.05. The molecule has 4 nitrogen and oxygen atoms in total. The summed E-state index contributed by atoms with van der Waals surface area (Å²) in [5, 5.41) is 2.63. The zero-order valence-electron chi connectivity index (χ0n) is 10.8. The van der Waals surface area contributed by atoms with Crippen LogP contribution in [0.2, 0.25) is 0 Å². The Morgan fingerprint density at radius 3 is 2.50 bits per heavy atom. The van der Waals surface area contributed by atoms with E-state index in [2.05, 4.69) is 5.32 Å². The fourth-order valence-electron chi connectivity index (χ4n) is 1.74. The summed E-state index contributed by atoms with van der Waals surface area (Å²) < 4.78 is 13.1. The summed E-state index contributed by atoms with van der Waals surface area (Å²) in [5.74, 6) is -1.31. The van der Waals surface area contributed by atoms with Crippen LogP contribution < -0.4 is 11.1 Å². The number of primary amides is 1. The van der Waals surface area contributed by atoms with Crippen LogP contribution in [0.25, 0.3) is 0 Å². The van der Waals surface area contributed by atoms with E-state index in [0.717, 1.165) is 0 Å². The molecule has 0 atom stereocenters. The molecule has 0 saturated heterocycles. The van der Waals surface area contributed by atoms with E-state index < -0.39 is 5.91 Å². The molecule has 3 N–H and O–H groups in total. The molecular formula is C15H13FN2O2. The summed E-state index contributed by atoms with van der Waals surface area (Å²) in [5.41, 5.74) is 6.66. The first kappa shape index (κ1) is 13.7. The minimum Gasteiger partial charge on any atom is -0.366 e. The Labute approximate surface area is 115 Å². The smallest absolute Gasteiger partial charge is 0.255 e. The van der Waals surface area contributed by atoms with Crippen molar-refractivity contribution >= 4 is 17.5 Å². The lowest BCUT2D eigenvalue weighted by Crippen LogP contribution is -2.14. The van der Waals surface area contributed by atoms with Crippen LogP contribution in [0.15, 0.2) is 42.5 Å². The van der Waals surface area contributed by atoms with Crippen molar-refractivity contribution in [2.45, 2.75) is 6.92 Å². The first-order valence-corrected chi connectivity index (χ1v) is 5.95. The lowest BCUT2D eigenvalue weighted by molar-refractivity contribution is 0.0996. The molecular weight excluding hydrogens is 259 g/mol. The fourth-order valence-corrected chi connectivity index (χ4v) is 1.74. The van der Waals surface area contributed by atoms with Crippen LogP contribution in [0, 0.1) is 12.7 Å². The van der Waals surface area contributed by atoms with Gasteiger partial charge in [0.05, 0.1) is 0 Å². The molecule has 0 bridgehead atoms. The zero-order chi connectivity index (χ0) is 14.7. The average molecular weight is 272 g/mol. The van der Waals surface area contributed by atoms with Gasteiger partial charge >= 0.3 is 0 Å². The number of carbonyl (C=O) groups is 2. The van der Waals surface area contributed by atoms with Gasteiger partial charge in [0.2, 0.25) is 5.91 Å². The van der Waals surface area contributed by atoms with Gasteiger partial charge in [0.1, 0.15) is 5.82 Å². The number of carbonyl (C=O) groups excluding carboxylic acids is 2. The van der Waals surface area contributed by atoms with Gasteiger partial charge in [0.25, 0.3) is 5.91 Å². The highest BCUT2D eigenvalue weighted by Gasteiger charge is 2.09. The molecule has 0 aliphatic rings.